The highest BCUT2D eigenvalue weighted by molar-refractivity contribution is 5.58. The molecule has 0 spiro atoms. The van der Waals surface area contributed by atoms with Crippen LogP contribution in [0.25, 0.3) is 0 Å². The largest absolute Gasteiger partial charge is 0.240 e. The van der Waals surface area contributed by atoms with E-state index in [1.165, 1.54) is 0 Å². The summed E-state index contributed by atoms with van der Waals surface area (Å²) >= 11 is 0. The Balaban J connectivity index is 2.07. The first-order valence-electron chi connectivity index (χ1n) is 7.19. The molecular formula is C18H14N2O2. The SMILES string of the molecule is O=C=Nc1cc2ccc1CCc1ccc(cc1N=C=O)CC2. The van der Waals surface area contributed by atoms with Crippen molar-refractivity contribution in [2.75, 3.05) is 0 Å². The molecule has 4 nitrogen and oxygen atoms in total. The second-order valence-corrected chi connectivity index (χ2v) is 5.33. The van der Waals surface area contributed by atoms with E-state index in [1.54, 1.807) is 12.2 Å². The third-order valence-electron chi connectivity index (χ3n) is 4.00. The summed E-state index contributed by atoms with van der Waals surface area (Å²) in [5, 5.41) is 0. The van der Waals surface area contributed by atoms with Gasteiger partial charge in [0, 0.05) is 0 Å². The molecule has 0 aliphatic heterocycles. The van der Waals surface area contributed by atoms with Crippen molar-refractivity contribution in [3.8, 4) is 0 Å². The van der Waals surface area contributed by atoms with Crippen LogP contribution >= 0.6 is 0 Å². The fraction of sp³-hybridized carbons (Fsp3) is 0.222. The zero-order valence-electron chi connectivity index (χ0n) is 12.0. The molecule has 0 saturated heterocycles. The standard InChI is InChI=1S/C18H14N2O2/c21-11-19-17-9-13-1-2-14-4-6-16(18(10-14)20-12-22)8-7-15(17)5-3-13/h3-6,9-10H,1-2,7-8H2. The van der Waals surface area contributed by atoms with Crippen LogP contribution in [0.1, 0.15) is 22.3 Å². The predicted octanol–water partition coefficient (Wildman–Crippen LogP) is 3.51. The minimum atomic E-state index is 0.683. The molecule has 22 heavy (non-hydrogen) atoms. The Morgan fingerprint density at radius 3 is 1.55 bits per heavy atom. The molecule has 0 N–H and O–H groups in total. The third kappa shape index (κ3) is 2.94. The van der Waals surface area contributed by atoms with Crippen LogP contribution in [0.2, 0.25) is 0 Å². The molecule has 0 atom stereocenters. The summed E-state index contributed by atoms with van der Waals surface area (Å²) in [5.41, 5.74) is 5.62. The van der Waals surface area contributed by atoms with Gasteiger partial charge in [-0.05, 0) is 60.1 Å². The minimum absolute atomic E-state index is 0.683. The Labute approximate surface area is 128 Å². The summed E-state index contributed by atoms with van der Waals surface area (Å²) in [6.07, 6.45) is 6.38. The van der Waals surface area contributed by atoms with Gasteiger partial charge in [-0.2, -0.15) is 9.98 Å². The minimum Gasteiger partial charge on any atom is -0.211 e. The van der Waals surface area contributed by atoms with Crippen molar-refractivity contribution in [3.05, 3.63) is 58.7 Å². The van der Waals surface area contributed by atoms with Crippen LogP contribution in [0.3, 0.4) is 0 Å². The second-order valence-electron chi connectivity index (χ2n) is 5.33. The number of hydrogen-bond donors (Lipinski definition) is 0. The van der Waals surface area contributed by atoms with Gasteiger partial charge in [-0.15, -0.1) is 0 Å². The molecule has 0 amide bonds. The molecule has 4 heteroatoms. The molecule has 4 aliphatic rings. The maximum Gasteiger partial charge on any atom is 0.240 e. The molecule has 0 fully saturated rings. The first-order chi connectivity index (χ1) is 10.8. The molecule has 6 rings (SSSR count). The average Bonchev–Trinajstić information content (AvgIpc) is 2.52. The van der Waals surface area contributed by atoms with Gasteiger partial charge in [-0.25, -0.2) is 9.59 Å². The summed E-state index contributed by atoms with van der Waals surface area (Å²) in [5.74, 6) is 0. The highest BCUT2D eigenvalue weighted by Gasteiger charge is 2.10. The van der Waals surface area contributed by atoms with Gasteiger partial charge >= 0.3 is 0 Å². The first-order valence-corrected chi connectivity index (χ1v) is 7.19. The monoisotopic (exact) mass is 290 g/mol. The van der Waals surface area contributed by atoms with E-state index in [9.17, 15) is 9.59 Å². The van der Waals surface area contributed by atoms with Crippen LogP contribution in [0.4, 0.5) is 11.4 Å². The van der Waals surface area contributed by atoms with Crippen LogP contribution in [-0.2, 0) is 35.3 Å². The van der Waals surface area contributed by atoms with Gasteiger partial charge in [-0.1, -0.05) is 24.3 Å². The van der Waals surface area contributed by atoms with Gasteiger partial charge in [0.15, 0.2) is 0 Å². The smallest absolute Gasteiger partial charge is 0.211 e. The van der Waals surface area contributed by atoms with E-state index in [4.69, 9.17) is 0 Å². The number of benzene rings is 2. The topological polar surface area (TPSA) is 58.9 Å². The van der Waals surface area contributed by atoms with Gasteiger partial charge in [-0.3, -0.25) is 0 Å². The van der Waals surface area contributed by atoms with Gasteiger partial charge in [0.1, 0.15) is 0 Å². The van der Waals surface area contributed by atoms with E-state index < -0.39 is 0 Å². The van der Waals surface area contributed by atoms with Crippen molar-refractivity contribution in [3.63, 3.8) is 0 Å². The molecule has 2 aromatic carbocycles. The number of carbonyl (C=O) groups excluding carboxylic acids is 2. The molecule has 4 bridgehead atoms. The summed E-state index contributed by atoms with van der Waals surface area (Å²) in [4.78, 5) is 28.9. The van der Waals surface area contributed by atoms with Gasteiger partial charge < -0.3 is 0 Å². The van der Waals surface area contributed by atoms with Gasteiger partial charge in [0.05, 0.1) is 11.4 Å². The normalized spacial score (nSPS) is 12.7. The number of isocyanates is 2. The number of nitrogens with zero attached hydrogens (tertiary/aromatic N) is 2. The zero-order chi connectivity index (χ0) is 15.4. The van der Waals surface area contributed by atoms with E-state index in [0.29, 0.717) is 11.4 Å². The number of hydrogen-bond acceptors (Lipinski definition) is 4. The lowest BCUT2D eigenvalue weighted by molar-refractivity contribution is 0.564. The first kappa shape index (κ1) is 14.2. The van der Waals surface area contributed by atoms with Crippen molar-refractivity contribution >= 4 is 23.5 Å². The molecule has 108 valence electrons. The Kier molecular flexibility index (Phi) is 4.06. The summed E-state index contributed by atoms with van der Waals surface area (Å²) in [6.45, 7) is 0. The highest BCUT2D eigenvalue weighted by atomic mass is 16.1. The quantitative estimate of drug-likeness (QED) is 0.627. The number of aryl methyl sites for hydroxylation is 4. The van der Waals surface area contributed by atoms with Crippen molar-refractivity contribution < 1.29 is 9.59 Å². The van der Waals surface area contributed by atoms with E-state index >= 15 is 0 Å². The van der Waals surface area contributed by atoms with Crippen molar-refractivity contribution in [1.82, 2.24) is 0 Å². The number of rotatable bonds is 2. The van der Waals surface area contributed by atoms with Crippen molar-refractivity contribution in [2.45, 2.75) is 25.7 Å². The maximum absolute atomic E-state index is 10.6. The lowest BCUT2D eigenvalue weighted by Gasteiger charge is -2.12. The second kappa shape index (κ2) is 6.31. The Morgan fingerprint density at radius 1 is 0.682 bits per heavy atom. The van der Waals surface area contributed by atoms with E-state index in [0.717, 1.165) is 47.9 Å². The fourth-order valence-corrected chi connectivity index (χ4v) is 2.82. The Morgan fingerprint density at radius 2 is 1.14 bits per heavy atom. The summed E-state index contributed by atoms with van der Waals surface area (Å²) in [6, 6.07) is 12.1. The van der Waals surface area contributed by atoms with Crippen LogP contribution in [0.15, 0.2) is 46.4 Å². The summed E-state index contributed by atoms with van der Waals surface area (Å²) in [7, 11) is 0. The van der Waals surface area contributed by atoms with Crippen LogP contribution < -0.4 is 0 Å². The molecule has 0 unspecified atom stereocenters. The van der Waals surface area contributed by atoms with E-state index in [2.05, 4.69) is 22.1 Å². The van der Waals surface area contributed by atoms with Gasteiger partial charge in [0.2, 0.25) is 12.2 Å². The lowest BCUT2D eigenvalue weighted by Crippen LogP contribution is -1.99. The zero-order valence-corrected chi connectivity index (χ0v) is 12.0. The Bertz CT molecular complexity index is 744. The predicted molar refractivity (Wildman–Crippen MR) is 83.3 cm³/mol. The van der Waals surface area contributed by atoms with Crippen LogP contribution in [0.5, 0.6) is 0 Å². The fourth-order valence-electron chi connectivity index (χ4n) is 2.82. The molecule has 4 aliphatic carbocycles. The average molecular weight is 290 g/mol. The molecule has 0 aromatic heterocycles. The lowest BCUT2D eigenvalue weighted by atomic mass is 9.94. The number of aliphatic imine (C=N–C) groups is 2. The van der Waals surface area contributed by atoms with E-state index in [-0.39, 0.29) is 0 Å². The third-order valence-corrected chi connectivity index (χ3v) is 4.00. The van der Waals surface area contributed by atoms with E-state index in [1.807, 2.05) is 24.3 Å². The summed E-state index contributed by atoms with van der Waals surface area (Å²) < 4.78 is 0. The highest BCUT2D eigenvalue weighted by Crippen LogP contribution is 2.28. The van der Waals surface area contributed by atoms with Gasteiger partial charge in [0.25, 0.3) is 0 Å². The van der Waals surface area contributed by atoms with Crippen LogP contribution in [-0.4, -0.2) is 12.2 Å². The molecule has 0 saturated carbocycles. The van der Waals surface area contributed by atoms with Crippen molar-refractivity contribution in [2.24, 2.45) is 9.98 Å². The Hall–Kier alpha value is -2.80. The molecule has 0 radical (unpaired) electrons. The van der Waals surface area contributed by atoms with Crippen LogP contribution in [0, 0.1) is 0 Å². The molecular weight excluding hydrogens is 276 g/mol. The molecule has 0 heterocycles. The molecule has 2 aromatic rings. The maximum atomic E-state index is 10.6. The van der Waals surface area contributed by atoms with Crippen molar-refractivity contribution in [1.29, 1.82) is 0 Å².